The number of benzene rings is 1. The van der Waals surface area contributed by atoms with Gasteiger partial charge in [-0.1, -0.05) is 0 Å². The maximum atomic E-state index is 13.6. The van der Waals surface area contributed by atoms with Gasteiger partial charge in [0.1, 0.15) is 0 Å². The lowest BCUT2D eigenvalue weighted by Gasteiger charge is -2.29. The molecular formula is C18H20F3N3O5S. The van der Waals surface area contributed by atoms with Gasteiger partial charge >= 0.3 is 6.18 Å². The zero-order valence-electron chi connectivity index (χ0n) is 16.2. The Labute approximate surface area is 171 Å². The number of furan rings is 1. The number of carbonyl (C=O) groups excluding carboxylic acids is 1. The summed E-state index contributed by atoms with van der Waals surface area (Å²) in [5, 5.41) is 1.66. The lowest BCUT2D eigenvalue weighted by molar-refractivity contribution is -0.136. The van der Waals surface area contributed by atoms with Gasteiger partial charge in [-0.2, -0.15) is 13.2 Å². The van der Waals surface area contributed by atoms with Crippen molar-refractivity contribution in [1.82, 2.24) is 4.31 Å². The zero-order chi connectivity index (χ0) is 22.1. The van der Waals surface area contributed by atoms with Crippen LogP contribution in [0.1, 0.15) is 16.1 Å². The van der Waals surface area contributed by atoms with E-state index in [0.29, 0.717) is 32.0 Å². The summed E-state index contributed by atoms with van der Waals surface area (Å²) >= 11 is 0. The Kier molecular flexibility index (Phi) is 6.11. The number of morpholine rings is 1. The first kappa shape index (κ1) is 22.1. The Morgan fingerprint density at radius 1 is 1.13 bits per heavy atom. The van der Waals surface area contributed by atoms with E-state index in [1.54, 1.807) is 4.90 Å². The Balaban J connectivity index is 1.87. The lowest BCUT2D eigenvalue weighted by Crippen LogP contribution is -2.36. The summed E-state index contributed by atoms with van der Waals surface area (Å²) in [6.07, 6.45) is -4.71. The van der Waals surface area contributed by atoms with Crippen LogP contribution in [0, 0.1) is 0 Å². The van der Waals surface area contributed by atoms with Gasteiger partial charge in [0.15, 0.2) is 5.76 Å². The van der Waals surface area contributed by atoms with Crippen LogP contribution in [0.3, 0.4) is 0 Å². The number of hydrogen-bond donors (Lipinski definition) is 1. The number of anilines is 2. The summed E-state index contributed by atoms with van der Waals surface area (Å²) in [6, 6.07) is 5.74. The van der Waals surface area contributed by atoms with E-state index in [0.717, 1.165) is 28.6 Å². The lowest BCUT2D eigenvalue weighted by atomic mass is 10.1. The zero-order valence-corrected chi connectivity index (χ0v) is 17.0. The minimum atomic E-state index is -4.71. The molecule has 0 radical (unpaired) electrons. The molecule has 3 rings (SSSR count). The first-order valence-electron chi connectivity index (χ1n) is 8.88. The summed E-state index contributed by atoms with van der Waals surface area (Å²) in [4.78, 5) is 14.1. The Morgan fingerprint density at radius 3 is 2.40 bits per heavy atom. The van der Waals surface area contributed by atoms with Gasteiger partial charge in [0.2, 0.25) is 5.09 Å². The molecule has 8 nitrogen and oxygen atoms in total. The van der Waals surface area contributed by atoms with Gasteiger partial charge in [0.05, 0.1) is 24.5 Å². The van der Waals surface area contributed by atoms with Crippen LogP contribution in [0.25, 0.3) is 0 Å². The fourth-order valence-corrected chi connectivity index (χ4v) is 3.63. The van der Waals surface area contributed by atoms with E-state index >= 15 is 0 Å². The van der Waals surface area contributed by atoms with Crippen LogP contribution < -0.4 is 10.2 Å². The predicted octanol–water partition coefficient (Wildman–Crippen LogP) is 2.64. The number of halogens is 3. The van der Waals surface area contributed by atoms with E-state index < -0.39 is 44.2 Å². The Morgan fingerprint density at radius 2 is 1.80 bits per heavy atom. The van der Waals surface area contributed by atoms with Gasteiger partial charge in [-0.15, -0.1) is 0 Å². The van der Waals surface area contributed by atoms with Crippen molar-refractivity contribution in [2.75, 3.05) is 50.6 Å². The van der Waals surface area contributed by atoms with Gasteiger partial charge in [-0.05, 0) is 30.3 Å². The van der Waals surface area contributed by atoms with E-state index in [2.05, 4.69) is 5.32 Å². The molecule has 1 N–H and O–H groups in total. The highest BCUT2D eigenvalue weighted by Crippen LogP contribution is 2.37. The average molecular weight is 447 g/mol. The summed E-state index contributed by atoms with van der Waals surface area (Å²) < 4.78 is 76.0. The van der Waals surface area contributed by atoms with E-state index in [1.807, 2.05) is 0 Å². The molecule has 0 aliphatic carbocycles. The number of nitrogens with one attached hydrogen (secondary N) is 1. The number of hydrogen-bond acceptors (Lipinski definition) is 6. The van der Waals surface area contributed by atoms with Crippen LogP contribution in [0.5, 0.6) is 0 Å². The van der Waals surface area contributed by atoms with E-state index in [1.165, 1.54) is 20.2 Å². The molecule has 0 spiro atoms. The largest absolute Gasteiger partial charge is 0.438 e. The number of nitrogens with zero attached hydrogens (tertiary/aromatic N) is 2. The number of rotatable bonds is 5. The molecule has 164 valence electrons. The number of alkyl halides is 3. The monoisotopic (exact) mass is 447 g/mol. The molecule has 2 heterocycles. The van der Waals surface area contributed by atoms with Crippen LogP contribution in [0.4, 0.5) is 24.5 Å². The molecule has 2 aromatic rings. The SMILES string of the molecule is CN(C)S(=O)(=O)c1ccc(C(=O)Nc2ccc(N3CCOCC3)cc2C(F)(F)F)o1. The summed E-state index contributed by atoms with van der Waals surface area (Å²) in [5.41, 5.74) is -1.12. The van der Waals surface area contributed by atoms with E-state index in [-0.39, 0.29) is 0 Å². The number of sulfonamides is 1. The number of amides is 1. The summed E-state index contributed by atoms with van der Waals surface area (Å²) in [5.74, 6) is -1.43. The van der Waals surface area contributed by atoms with Gasteiger partial charge < -0.3 is 19.4 Å². The molecule has 1 aromatic carbocycles. The molecule has 0 unspecified atom stereocenters. The normalized spacial score (nSPS) is 15.5. The van der Waals surface area contributed by atoms with Gasteiger partial charge in [-0.25, -0.2) is 12.7 Å². The second kappa shape index (κ2) is 8.28. The van der Waals surface area contributed by atoms with E-state index in [4.69, 9.17) is 9.15 Å². The van der Waals surface area contributed by atoms with Gasteiger partial charge in [0.25, 0.3) is 15.9 Å². The van der Waals surface area contributed by atoms with Crippen LogP contribution in [-0.4, -0.2) is 59.0 Å². The van der Waals surface area contributed by atoms with Crippen molar-refractivity contribution >= 4 is 27.3 Å². The van der Waals surface area contributed by atoms with Gasteiger partial charge in [0, 0.05) is 32.9 Å². The molecular weight excluding hydrogens is 427 g/mol. The highest BCUT2D eigenvalue weighted by Gasteiger charge is 2.35. The first-order chi connectivity index (χ1) is 14.0. The van der Waals surface area contributed by atoms with E-state index in [9.17, 15) is 26.4 Å². The predicted molar refractivity (Wildman–Crippen MR) is 102 cm³/mol. The maximum Gasteiger partial charge on any atom is 0.418 e. The number of carbonyl (C=O) groups is 1. The van der Waals surface area contributed by atoms with Crippen LogP contribution >= 0.6 is 0 Å². The molecule has 0 atom stereocenters. The fraction of sp³-hybridized carbons (Fsp3) is 0.389. The molecule has 12 heteroatoms. The molecule has 30 heavy (non-hydrogen) atoms. The van der Waals surface area contributed by atoms with Crippen molar-refractivity contribution in [3.05, 3.63) is 41.7 Å². The molecule has 0 saturated carbocycles. The third kappa shape index (κ3) is 4.60. The van der Waals surface area contributed by atoms with Crippen molar-refractivity contribution in [3.63, 3.8) is 0 Å². The first-order valence-corrected chi connectivity index (χ1v) is 10.3. The Bertz CT molecular complexity index is 1030. The molecule has 1 saturated heterocycles. The molecule has 1 aliphatic rings. The molecule has 1 amide bonds. The van der Waals surface area contributed by atoms with Crippen molar-refractivity contribution in [3.8, 4) is 0 Å². The maximum absolute atomic E-state index is 13.6. The fourth-order valence-electron chi connectivity index (χ4n) is 2.84. The summed E-state index contributed by atoms with van der Waals surface area (Å²) in [7, 11) is -1.36. The highest BCUT2D eigenvalue weighted by molar-refractivity contribution is 7.88. The topological polar surface area (TPSA) is 92.1 Å². The minimum absolute atomic E-state index is 0.362. The van der Waals surface area contributed by atoms with Crippen LogP contribution in [0.15, 0.2) is 39.8 Å². The molecule has 1 fully saturated rings. The highest BCUT2D eigenvalue weighted by atomic mass is 32.2. The van der Waals surface area contributed by atoms with Crippen molar-refractivity contribution in [1.29, 1.82) is 0 Å². The standard InChI is InChI=1S/C18H20F3N3O5S/c1-23(2)30(26,27)16-6-5-15(29-16)17(25)22-14-4-3-12(11-13(14)18(19,20)21)24-7-9-28-10-8-24/h3-6,11H,7-10H2,1-2H3,(H,22,25). The second-order valence-electron chi connectivity index (χ2n) is 6.69. The molecule has 1 aliphatic heterocycles. The van der Waals surface area contributed by atoms with Crippen molar-refractivity contribution < 1.29 is 35.5 Å². The molecule has 0 bridgehead atoms. The van der Waals surface area contributed by atoms with Crippen molar-refractivity contribution in [2.45, 2.75) is 11.3 Å². The van der Waals surface area contributed by atoms with Crippen molar-refractivity contribution in [2.24, 2.45) is 0 Å². The molecule has 1 aromatic heterocycles. The third-order valence-corrected chi connectivity index (χ3v) is 6.16. The smallest absolute Gasteiger partial charge is 0.418 e. The van der Waals surface area contributed by atoms with Crippen LogP contribution in [-0.2, 0) is 20.9 Å². The average Bonchev–Trinajstić information content (AvgIpc) is 3.19. The number of ether oxygens (including phenoxy) is 1. The quantitative estimate of drug-likeness (QED) is 0.758. The van der Waals surface area contributed by atoms with Gasteiger partial charge in [-0.3, -0.25) is 4.79 Å². The summed E-state index contributed by atoms with van der Waals surface area (Å²) in [6.45, 7) is 1.74. The Hall–Kier alpha value is -2.57. The second-order valence-corrected chi connectivity index (χ2v) is 8.77. The minimum Gasteiger partial charge on any atom is -0.438 e. The third-order valence-electron chi connectivity index (χ3n) is 4.47. The van der Waals surface area contributed by atoms with Crippen LogP contribution in [0.2, 0.25) is 0 Å².